The molecule has 5 rings (SSSR count). The predicted molar refractivity (Wildman–Crippen MR) is 115 cm³/mol. The minimum atomic E-state index is 0.516. The van der Waals surface area contributed by atoms with E-state index in [-0.39, 0.29) is 0 Å². The van der Waals surface area contributed by atoms with Crippen molar-refractivity contribution in [1.82, 2.24) is 15.1 Å². The van der Waals surface area contributed by atoms with Crippen molar-refractivity contribution >= 4 is 11.5 Å². The first kappa shape index (κ1) is 18.8. The van der Waals surface area contributed by atoms with Gasteiger partial charge in [-0.3, -0.25) is 0 Å². The Morgan fingerprint density at radius 2 is 1.83 bits per heavy atom. The third kappa shape index (κ3) is 4.38. The second-order valence-corrected chi connectivity index (χ2v) is 9.04. The summed E-state index contributed by atoms with van der Waals surface area (Å²) in [5.41, 5.74) is 8.48. The number of nitrogens with zero attached hydrogens (tertiary/aromatic N) is 3. The number of anilines is 2. The Morgan fingerprint density at radius 3 is 2.52 bits per heavy atom. The molecule has 3 atom stereocenters. The van der Waals surface area contributed by atoms with Crippen LogP contribution >= 0.6 is 0 Å². The number of likely N-dealkylation sites (tertiary alicyclic amines) is 1. The molecule has 154 valence electrons. The van der Waals surface area contributed by atoms with Gasteiger partial charge in [0.1, 0.15) is 5.82 Å². The Bertz CT molecular complexity index is 806. The van der Waals surface area contributed by atoms with Crippen molar-refractivity contribution in [3.05, 3.63) is 36.4 Å². The lowest BCUT2D eigenvalue weighted by molar-refractivity contribution is 0.0545. The molecule has 6 nitrogen and oxygen atoms in total. The second kappa shape index (κ2) is 8.28. The summed E-state index contributed by atoms with van der Waals surface area (Å²) in [6, 6.07) is 12.4. The largest absolute Gasteiger partial charge is 0.399 e. The molecule has 0 radical (unpaired) electrons. The van der Waals surface area contributed by atoms with E-state index in [1.54, 1.807) is 0 Å². The van der Waals surface area contributed by atoms with E-state index in [0.717, 1.165) is 53.7 Å². The molecule has 3 fully saturated rings. The predicted octanol–water partition coefficient (Wildman–Crippen LogP) is 3.27. The molecule has 1 unspecified atom stereocenters. The summed E-state index contributed by atoms with van der Waals surface area (Å²) in [6.07, 6.45) is 4.96. The second-order valence-electron chi connectivity index (χ2n) is 9.04. The molecule has 29 heavy (non-hydrogen) atoms. The molecule has 1 aliphatic carbocycles. The van der Waals surface area contributed by atoms with Gasteiger partial charge in [-0.2, -0.15) is 0 Å². The average molecular weight is 394 g/mol. The van der Waals surface area contributed by atoms with Crippen LogP contribution in [0.1, 0.15) is 25.7 Å². The van der Waals surface area contributed by atoms with E-state index < -0.39 is 0 Å². The molecule has 3 aliphatic rings. The van der Waals surface area contributed by atoms with Crippen molar-refractivity contribution in [2.45, 2.75) is 31.7 Å². The Kier molecular flexibility index (Phi) is 5.38. The Morgan fingerprint density at radius 1 is 1.03 bits per heavy atom. The first-order valence-electron chi connectivity index (χ1n) is 11.0. The van der Waals surface area contributed by atoms with E-state index in [1.165, 1.54) is 45.3 Å². The van der Waals surface area contributed by atoms with Gasteiger partial charge in [-0.1, -0.05) is 12.1 Å². The fourth-order valence-electron chi connectivity index (χ4n) is 5.43. The zero-order valence-electron chi connectivity index (χ0n) is 17.0. The summed E-state index contributed by atoms with van der Waals surface area (Å²) in [5, 5.41) is 12.4. The van der Waals surface area contributed by atoms with Gasteiger partial charge in [-0.25, -0.2) is 0 Å². The monoisotopic (exact) mass is 393 g/mol. The van der Waals surface area contributed by atoms with Crippen LogP contribution < -0.4 is 11.1 Å². The third-order valence-electron chi connectivity index (χ3n) is 6.88. The minimum Gasteiger partial charge on any atom is -0.399 e. The van der Waals surface area contributed by atoms with Gasteiger partial charge in [0.25, 0.3) is 0 Å². The van der Waals surface area contributed by atoms with Gasteiger partial charge in [0, 0.05) is 50.1 Å². The molecule has 3 N–H and O–H groups in total. The number of hydrogen-bond donors (Lipinski definition) is 2. The van der Waals surface area contributed by atoms with Gasteiger partial charge in [0.2, 0.25) is 0 Å². The Labute approximate surface area is 172 Å². The SMILES string of the molecule is Nc1cccc(-c2ccc(NC3C[C@@H]4CN(CC5CCOCC5)C[C@@H]4C3)nn2)c1. The number of rotatable bonds is 5. The van der Waals surface area contributed by atoms with Crippen LogP contribution in [-0.2, 0) is 4.74 Å². The van der Waals surface area contributed by atoms with Gasteiger partial charge < -0.3 is 20.7 Å². The number of fused-ring (bicyclic) bond motifs is 1. The molecule has 6 heteroatoms. The van der Waals surface area contributed by atoms with E-state index in [1.807, 2.05) is 36.4 Å². The maximum Gasteiger partial charge on any atom is 0.148 e. The number of nitrogens with one attached hydrogen (secondary N) is 1. The lowest BCUT2D eigenvalue weighted by Gasteiger charge is -2.27. The molecule has 1 saturated carbocycles. The number of nitrogen functional groups attached to an aromatic ring is 1. The summed E-state index contributed by atoms with van der Waals surface area (Å²) in [5.74, 6) is 3.37. The highest BCUT2D eigenvalue weighted by molar-refractivity contribution is 5.64. The minimum absolute atomic E-state index is 0.516. The van der Waals surface area contributed by atoms with Gasteiger partial charge in [-0.15, -0.1) is 10.2 Å². The maximum atomic E-state index is 5.87. The van der Waals surface area contributed by atoms with Crippen molar-refractivity contribution in [3.8, 4) is 11.3 Å². The zero-order chi connectivity index (χ0) is 19.6. The van der Waals surface area contributed by atoms with Crippen molar-refractivity contribution in [3.63, 3.8) is 0 Å². The van der Waals surface area contributed by atoms with Crippen molar-refractivity contribution in [2.24, 2.45) is 17.8 Å². The summed E-state index contributed by atoms with van der Waals surface area (Å²) < 4.78 is 5.50. The maximum absolute atomic E-state index is 5.87. The normalized spacial score (nSPS) is 27.8. The lowest BCUT2D eigenvalue weighted by Crippen LogP contribution is -2.32. The number of benzene rings is 1. The van der Waals surface area contributed by atoms with Crippen molar-refractivity contribution in [1.29, 1.82) is 0 Å². The van der Waals surface area contributed by atoms with Crippen LogP contribution in [-0.4, -0.2) is 54.0 Å². The smallest absolute Gasteiger partial charge is 0.148 e. The average Bonchev–Trinajstić information content (AvgIpc) is 3.27. The van der Waals surface area contributed by atoms with Crippen LogP contribution in [0, 0.1) is 17.8 Å². The number of nitrogens with two attached hydrogens (primary N) is 1. The molecule has 2 aliphatic heterocycles. The molecular formula is C23H31N5O. The number of hydrogen-bond acceptors (Lipinski definition) is 6. The van der Waals surface area contributed by atoms with Crippen molar-refractivity contribution < 1.29 is 4.74 Å². The van der Waals surface area contributed by atoms with E-state index in [9.17, 15) is 0 Å². The topological polar surface area (TPSA) is 76.3 Å². The first-order valence-corrected chi connectivity index (χ1v) is 11.0. The molecule has 2 aromatic rings. The fraction of sp³-hybridized carbons (Fsp3) is 0.565. The van der Waals surface area contributed by atoms with Crippen LogP contribution in [0.3, 0.4) is 0 Å². The first-order chi connectivity index (χ1) is 14.2. The summed E-state index contributed by atoms with van der Waals surface area (Å²) in [6.45, 7) is 5.70. The highest BCUT2D eigenvalue weighted by Gasteiger charge is 2.41. The molecule has 1 aromatic heterocycles. The van der Waals surface area contributed by atoms with Crippen LogP contribution in [0.25, 0.3) is 11.3 Å². The van der Waals surface area contributed by atoms with Crippen LogP contribution in [0.5, 0.6) is 0 Å². The molecule has 0 spiro atoms. The molecule has 1 aromatic carbocycles. The van der Waals surface area contributed by atoms with E-state index >= 15 is 0 Å². The zero-order valence-corrected chi connectivity index (χ0v) is 17.0. The highest BCUT2D eigenvalue weighted by atomic mass is 16.5. The summed E-state index contributed by atoms with van der Waals surface area (Å²) in [4.78, 5) is 2.71. The molecule has 2 saturated heterocycles. The van der Waals surface area contributed by atoms with Crippen LogP contribution in [0.2, 0.25) is 0 Å². The third-order valence-corrected chi connectivity index (χ3v) is 6.88. The van der Waals surface area contributed by atoms with Gasteiger partial charge >= 0.3 is 0 Å². The summed E-state index contributed by atoms with van der Waals surface area (Å²) >= 11 is 0. The van der Waals surface area contributed by atoms with Crippen LogP contribution in [0.4, 0.5) is 11.5 Å². The van der Waals surface area contributed by atoms with Crippen molar-refractivity contribution in [2.75, 3.05) is 43.9 Å². The standard InChI is InChI=1S/C23H31N5O/c24-20-3-1-2-17(10-20)22-4-5-23(27-26-22)25-21-11-18-14-28(15-19(18)12-21)13-16-6-8-29-9-7-16/h1-5,10,16,18-19,21H,6-9,11-15,24H2,(H,25,27)/t18-,19+,21?. The lowest BCUT2D eigenvalue weighted by atomic mass is 10.00. The highest BCUT2D eigenvalue weighted by Crippen LogP contribution is 2.39. The molecule has 3 heterocycles. The molecular weight excluding hydrogens is 362 g/mol. The Hall–Kier alpha value is -2.18. The number of aromatic nitrogens is 2. The van der Waals surface area contributed by atoms with Gasteiger partial charge in [0.15, 0.2) is 0 Å². The Balaban J connectivity index is 1.13. The molecule has 0 amide bonds. The van der Waals surface area contributed by atoms with E-state index in [2.05, 4.69) is 20.4 Å². The van der Waals surface area contributed by atoms with Crippen LogP contribution in [0.15, 0.2) is 36.4 Å². The molecule has 0 bridgehead atoms. The van der Waals surface area contributed by atoms with Gasteiger partial charge in [0.05, 0.1) is 5.69 Å². The van der Waals surface area contributed by atoms with E-state index in [0.29, 0.717) is 6.04 Å². The van der Waals surface area contributed by atoms with Gasteiger partial charge in [-0.05, 0) is 67.7 Å². The fourth-order valence-corrected chi connectivity index (χ4v) is 5.43. The van der Waals surface area contributed by atoms with E-state index in [4.69, 9.17) is 10.5 Å². The number of ether oxygens (including phenoxy) is 1. The quantitative estimate of drug-likeness (QED) is 0.760. The summed E-state index contributed by atoms with van der Waals surface area (Å²) in [7, 11) is 0.